The van der Waals surface area contributed by atoms with Gasteiger partial charge >= 0.3 is 5.97 Å². The van der Waals surface area contributed by atoms with Crippen molar-refractivity contribution in [2.24, 2.45) is 0 Å². The molecule has 0 saturated carbocycles. The highest BCUT2D eigenvalue weighted by Crippen LogP contribution is 2.22. The van der Waals surface area contributed by atoms with Gasteiger partial charge < -0.3 is 9.47 Å². The molecule has 2 rings (SSSR count). The van der Waals surface area contributed by atoms with Crippen LogP contribution in [0.5, 0.6) is 5.75 Å². The highest BCUT2D eigenvalue weighted by Gasteiger charge is 2.22. The number of benzene rings is 2. The summed E-state index contributed by atoms with van der Waals surface area (Å²) in [6, 6.07) is 10.7. The fourth-order valence-corrected chi connectivity index (χ4v) is 2.39. The molecule has 0 unspecified atom stereocenters. The number of ether oxygens (including phenoxy) is 2. The molecule has 0 N–H and O–H groups in total. The van der Waals surface area contributed by atoms with Gasteiger partial charge in [0, 0.05) is 5.56 Å². The molecule has 0 bridgehead atoms. The molecule has 1 atom stereocenters. The third-order valence-electron chi connectivity index (χ3n) is 4.02. The van der Waals surface area contributed by atoms with E-state index in [-0.39, 0.29) is 5.78 Å². The summed E-state index contributed by atoms with van der Waals surface area (Å²) >= 11 is 0. The summed E-state index contributed by atoms with van der Waals surface area (Å²) in [6.45, 7) is 7.38. The summed E-state index contributed by atoms with van der Waals surface area (Å²) in [7, 11) is 1.49. The van der Waals surface area contributed by atoms with Crippen molar-refractivity contribution < 1.29 is 19.1 Å². The molecule has 0 radical (unpaired) electrons. The molecule has 4 nitrogen and oxygen atoms in total. The van der Waals surface area contributed by atoms with E-state index < -0.39 is 12.1 Å². The lowest BCUT2D eigenvalue weighted by Gasteiger charge is -2.15. The lowest BCUT2D eigenvalue weighted by molar-refractivity contribution is 0.0316. The second-order valence-electron chi connectivity index (χ2n) is 5.91. The molecular formula is C20H22O4. The zero-order valence-electron chi connectivity index (χ0n) is 14.7. The van der Waals surface area contributed by atoms with E-state index in [4.69, 9.17) is 9.47 Å². The van der Waals surface area contributed by atoms with Crippen LogP contribution in [-0.2, 0) is 4.74 Å². The second kappa shape index (κ2) is 7.30. The zero-order chi connectivity index (χ0) is 17.9. The van der Waals surface area contributed by atoms with Crippen molar-refractivity contribution in [3.63, 3.8) is 0 Å². The lowest BCUT2D eigenvalue weighted by Crippen LogP contribution is -2.24. The van der Waals surface area contributed by atoms with E-state index in [1.165, 1.54) is 7.11 Å². The predicted octanol–water partition coefficient (Wildman–Crippen LogP) is 4.05. The Morgan fingerprint density at radius 3 is 2.29 bits per heavy atom. The molecule has 0 spiro atoms. The highest BCUT2D eigenvalue weighted by atomic mass is 16.5. The lowest BCUT2D eigenvalue weighted by atomic mass is 10.0. The third-order valence-corrected chi connectivity index (χ3v) is 4.02. The van der Waals surface area contributed by atoms with E-state index in [9.17, 15) is 9.59 Å². The van der Waals surface area contributed by atoms with Crippen LogP contribution in [0, 0.1) is 20.8 Å². The topological polar surface area (TPSA) is 52.6 Å². The first-order valence-electron chi connectivity index (χ1n) is 7.80. The Morgan fingerprint density at radius 2 is 1.67 bits per heavy atom. The molecule has 0 aliphatic rings. The van der Waals surface area contributed by atoms with E-state index in [0.29, 0.717) is 16.9 Å². The van der Waals surface area contributed by atoms with E-state index in [1.54, 1.807) is 25.1 Å². The summed E-state index contributed by atoms with van der Waals surface area (Å²) in [4.78, 5) is 24.9. The quantitative estimate of drug-likeness (QED) is 0.614. The van der Waals surface area contributed by atoms with Crippen molar-refractivity contribution in [3.05, 3.63) is 64.2 Å². The van der Waals surface area contributed by atoms with Crippen molar-refractivity contribution in [2.75, 3.05) is 7.11 Å². The Kier molecular flexibility index (Phi) is 5.39. The van der Waals surface area contributed by atoms with Crippen LogP contribution in [0.25, 0.3) is 0 Å². The van der Waals surface area contributed by atoms with Crippen LogP contribution in [0.15, 0.2) is 36.4 Å². The number of carbonyl (C=O) groups excluding carboxylic acids is 2. The minimum atomic E-state index is -0.871. The summed E-state index contributed by atoms with van der Waals surface area (Å²) in [5.74, 6) is -0.366. The Bertz CT molecular complexity index is 777. The van der Waals surface area contributed by atoms with Crippen LogP contribution in [-0.4, -0.2) is 25.0 Å². The number of aryl methyl sites for hydroxylation is 3. The zero-order valence-corrected chi connectivity index (χ0v) is 14.7. The van der Waals surface area contributed by atoms with Gasteiger partial charge in [0.25, 0.3) is 0 Å². The van der Waals surface area contributed by atoms with Crippen LogP contribution in [0.3, 0.4) is 0 Å². The average molecular weight is 326 g/mol. The van der Waals surface area contributed by atoms with Gasteiger partial charge in [-0.05, 0) is 57.0 Å². The van der Waals surface area contributed by atoms with Gasteiger partial charge in [-0.2, -0.15) is 0 Å². The third kappa shape index (κ3) is 3.82. The van der Waals surface area contributed by atoms with Crippen LogP contribution >= 0.6 is 0 Å². The average Bonchev–Trinajstić information content (AvgIpc) is 2.56. The molecule has 0 fully saturated rings. The first kappa shape index (κ1) is 17.7. The molecule has 4 heteroatoms. The number of Topliss-reactive ketones (excluding diaryl/α,β-unsaturated/α-hetero) is 1. The fraction of sp³-hybridized carbons (Fsp3) is 0.300. The van der Waals surface area contributed by atoms with Crippen molar-refractivity contribution in [1.29, 1.82) is 0 Å². The summed E-state index contributed by atoms with van der Waals surface area (Å²) < 4.78 is 10.5. The van der Waals surface area contributed by atoms with E-state index >= 15 is 0 Å². The number of ketones is 1. The van der Waals surface area contributed by atoms with Gasteiger partial charge in [0.1, 0.15) is 11.3 Å². The van der Waals surface area contributed by atoms with E-state index in [1.807, 2.05) is 39.0 Å². The monoisotopic (exact) mass is 326 g/mol. The van der Waals surface area contributed by atoms with Crippen LogP contribution in [0.1, 0.15) is 44.3 Å². The van der Waals surface area contributed by atoms with Crippen LogP contribution in [0.2, 0.25) is 0 Å². The number of hydrogen-bond donors (Lipinski definition) is 0. The standard InChI is InChI=1S/C20H22O4/c1-12-6-9-18(23-5)17(10-12)20(22)24-15(4)19(21)16-8-7-13(2)14(3)11-16/h6-11,15H,1-5H3/t15-/m1/s1. The molecule has 0 aliphatic carbocycles. The molecule has 0 aromatic heterocycles. The van der Waals surface area contributed by atoms with Gasteiger partial charge in [-0.15, -0.1) is 0 Å². The fourth-order valence-electron chi connectivity index (χ4n) is 2.39. The van der Waals surface area contributed by atoms with Crippen molar-refractivity contribution in [2.45, 2.75) is 33.8 Å². The Balaban J connectivity index is 2.18. The minimum absolute atomic E-state index is 0.224. The van der Waals surface area contributed by atoms with Gasteiger partial charge in [0.05, 0.1) is 7.11 Å². The summed E-state index contributed by atoms with van der Waals surface area (Å²) in [5, 5.41) is 0. The number of esters is 1. The first-order chi connectivity index (χ1) is 11.3. The van der Waals surface area contributed by atoms with Crippen LogP contribution < -0.4 is 4.74 Å². The van der Waals surface area contributed by atoms with Crippen molar-refractivity contribution in [1.82, 2.24) is 0 Å². The van der Waals surface area contributed by atoms with Gasteiger partial charge in [-0.1, -0.05) is 23.8 Å². The predicted molar refractivity (Wildman–Crippen MR) is 92.9 cm³/mol. The number of methoxy groups -OCH3 is 1. The number of carbonyl (C=O) groups is 2. The maximum atomic E-state index is 12.5. The van der Waals surface area contributed by atoms with E-state index in [0.717, 1.165) is 16.7 Å². The Labute approximate surface area is 142 Å². The second-order valence-corrected chi connectivity index (χ2v) is 5.91. The SMILES string of the molecule is COc1ccc(C)cc1C(=O)O[C@H](C)C(=O)c1ccc(C)c(C)c1. The van der Waals surface area contributed by atoms with Gasteiger partial charge in [-0.25, -0.2) is 4.79 Å². The normalized spacial score (nSPS) is 11.7. The molecule has 2 aromatic rings. The van der Waals surface area contributed by atoms with Crippen molar-refractivity contribution >= 4 is 11.8 Å². The maximum absolute atomic E-state index is 12.5. The van der Waals surface area contributed by atoms with Gasteiger partial charge in [-0.3, -0.25) is 4.79 Å². The molecule has 0 saturated heterocycles. The highest BCUT2D eigenvalue weighted by molar-refractivity contribution is 6.02. The molecule has 126 valence electrons. The first-order valence-corrected chi connectivity index (χ1v) is 7.80. The molecular weight excluding hydrogens is 304 g/mol. The number of rotatable bonds is 5. The summed E-state index contributed by atoms with van der Waals surface area (Å²) in [5.41, 5.74) is 3.91. The Morgan fingerprint density at radius 1 is 0.958 bits per heavy atom. The Hall–Kier alpha value is -2.62. The molecule has 0 heterocycles. The molecule has 0 aliphatic heterocycles. The van der Waals surface area contributed by atoms with E-state index in [2.05, 4.69) is 0 Å². The molecule has 2 aromatic carbocycles. The minimum Gasteiger partial charge on any atom is -0.496 e. The molecule has 24 heavy (non-hydrogen) atoms. The van der Waals surface area contributed by atoms with Crippen molar-refractivity contribution in [3.8, 4) is 5.75 Å². The number of hydrogen-bond acceptors (Lipinski definition) is 4. The smallest absolute Gasteiger partial charge is 0.342 e. The maximum Gasteiger partial charge on any atom is 0.342 e. The molecule has 0 amide bonds. The van der Waals surface area contributed by atoms with Gasteiger partial charge in [0.2, 0.25) is 5.78 Å². The summed E-state index contributed by atoms with van der Waals surface area (Å²) in [6.07, 6.45) is -0.871. The van der Waals surface area contributed by atoms with Gasteiger partial charge in [0.15, 0.2) is 6.10 Å². The van der Waals surface area contributed by atoms with Crippen LogP contribution in [0.4, 0.5) is 0 Å². The largest absolute Gasteiger partial charge is 0.496 e.